The highest BCUT2D eigenvalue weighted by Gasteiger charge is 2.37. The normalized spacial score (nSPS) is 20.3. The molecule has 1 unspecified atom stereocenters. The minimum Gasteiger partial charge on any atom is -0.337 e. The zero-order valence-corrected chi connectivity index (χ0v) is 15.9. The number of benzene rings is 1. The van der Waals surface area contributed by atoms with Gasteiger partial charge < -0.3 is 9.80 Å². The number of aromatic nitrogens is 1. The van der Waals surface area contributed by atoms with Gasteiger partial charge in [0, 0.05) is 57.2 Å². The van der Waals surface area contributed by atoms with Gasteiger partial charge in [0.25, 0.3) is 5.91 Å². The van der Waals surface area contributed by atoms with E-state index in [2.05, 4.69) is 9.88 Å². The molecular weight excluding hydrogens is 378 g/mol. The lowest BCUT2D eigenvalue weighted by atomic mass is 10.1. The Hall–Kier alpha value is -2.87. The number of amides is 2. The summed E-state index contributed by atoms with van der Waals surface area (Å²) in [7, 11) is 0. The Bertz CT molecular complexity index is 901. The molecule has 0 spiro atoms. The standard InChI is InChI=1S/C21H22F2N4O2/c22-17-4-3-16(12-18(17)23)20(28)26-10-8-25(9-11-26)19-5-7-27(21(19)29)14-15-2-1-6-24-13-15/h1-4,6,12-13,19H,5,7-11,14H2. The van der Waals surface area contributed by atoms with Crippen LogP contribution < -0.4 is 0 Å². The fourth-order valence-corrected chi connectivity index (χ4v) is 3.98. The molecule has 29 heavy (non-hydrogen) atoms. The summed E-state index contributed by atoms with van der Waals surface area (Å²) < 4.78 is 26.5. The Morgan fingerprint density at radius 2 is 1.86 bits per heavy atom. The first-order valence-corrected chi connectivity index (χ1v) is 9.69. The molecule has 8 heteroatoms. The molecule has 0 aliphatic carbocycles. The number of pyridine rings is 1. The van der Waals surface area contributed by atoms with Gasteiger partial charge >= 0.3 is 0 Å². The highest BCUT2D eigenvalue weighted by molar-refractivity contribution is 5.94. The van der Waals surface area contributed by atoms with Crippen LogP contribution >= 0.6 is 0 Å². The molecule has 1 aromatic carbocycles. The molecule has 0 bridgehead atoms. The molecule has 152 valence electrons. The molecule has 2 aromatic rings. The molecule has 2 fully saturated rings. The second-order valence-electron chi connectivity index (χ2n) is 7.38. The van der Waals surface area contributed by atoms with E-state index in [9.17, 15) is 18.4 Å². The fourth-order valence-electron chi connectivity index (χ4n) is 3.98. The van der Waals surface area contributed by atoms with Crippen molar-refractivity contribution < 1.29 is 18.4 Å². The first-order chi connectivity index (χ1) is 14.0. The summed E-state index contributed by atoms with van der Waals surface area (Å²) in [5.74, 6) is -2.21. The van der Waals surface area contributed by atoms with Crippen LogP contribution in [0, 0.1) is 11.6 Å². The molecule has 2 amide bonds. The maximum Gasteiger partial charge on any atom is 0.254 e. The van der Waals surface area contributed by atoms with Crippen molar-refractivity contribution in [3.8, 4) is 0 Å². The van der Waals surface area contributed by atoms with Gasteiger partial charge in [-0.1, -0.05) is 6.07 Å². The summed E-state index contributed by atoms with van der Waals surface area (Å²) in [5, 5.41) is 0. The molecule has 1 aromatic heterocycles. The van der Waals surface area contributed by atoms with Crippen molar-refractivity contribution in [1.29, 1.82) is 0 Å². The Kier molecular flexibility index (Phi) is 5.53. The smallest absolute Gasteiger partial charge is 0.254 e. The molecule has 0 N–H and O–H groups in total. The van der Waals surface area contributed by atoms with Crippen LogP contribution in [0.3, 0.4) is 0 Å². The van der Waals surface area contributed by atoms with E-state index < -0.39 is 11.6 Å². The molecule has 2 aliphatic heterocycles. The molecule has 4 rings (SSSR count). The van der Waals surface area contributed by atoms with E-state index in [-0.39, 0.29) is 23.4 Å². The summed E-state index contributed by atoms with van der Waals surface area (Å²) in [6.07, 6.45) is 4.23. The monoisotopic (exact) mass is 400 g/mol. The van der Waals surface area contributed by atoms with E-state index in [1.165, 1.54) is 6.07 Å². The van der Waals surface area contributed by atoms with Gasteiger partial charge in [-0.2, -0.15) is 0 Å². The highest BCUT2D eigenvalue weighted by atomic mass is 19.2. The van der Waals surface area contributed by atoms with Crippen molar-refractivity contribution in [2.24, 2.45) is 0 Å². The lowest BCUT2D eigenvalue weighted by molar-refractivity contribution is -0.133. The highest BCUT2D eigenvalue weighted by Crippen LogP contribution is 2.21. The van der Waals surface area contributed by atoms with Crippen molar-refractivity contribution in [2.75, 3.05) is 32.7 Å². The number of hydrogen-bond acceptors (Lipinski definition) is 4. The third-order valence-electron chi connectivity index (χ3n) is 5.57. The SMILES string of the molecule is O=C(c1ccc(F)c(F)c1)N1CCN(C2CCN(Cc3cccnc3)C2=O)CC1. The zero-order valence-electron chi connectivity index (χ0n) is 15.9. The molecule has 1 atom stereocenters. The van der Waals surface area contributed by atoms with Crippen LogP contribution in [-0.4, -0.2) is 70.3 Å². The van der Waals surface area contributed by atoms with E-state index in [0.717, 1.165) is 24.1 Å². The molecule has 0 saturated carbocycles. The zero-order chi connectivity index (χ0) is 20.4. The number of halogens is 2. The second-order valence-corrected chi connectivity index (χ2v) is 7.38. The number of carbonyl (C=O) groups excluding carboxylic acids is 2. The van der Waals surface area contributed by atoms with Crippen LogP contribution in [0.2, 0.25) is 0 Å². The van der Waals surface area contributed by atoms with E-state index >= 15 is 0 Å². The number of likely N-dealkylation sites (tertiary alicyclic amines) is 1. The van der Waals surface area contributed by atoms with Gasteiger partial charge in [-0.25, -0.2) is 8.78 Å². The minimum atomic E-state index is -1.03. The fraction of sp³-hybridized carbons (Fsp3) is 0.381. The van der Waals surface area contributed by atoms with Crippen molar-refractivity contribution >= 4 is 11.8 Å². The van der Waals surface area contributed by atoms with Crippen LogP contribution in [-0.2, 0) is 11.3 Å². The van der Waals surface area contributed by atoms with Crippen LogP contribution in [0.5, 0.6) is 0 Å². The third-order valence-corrected chi connectivity index (χ3v) is 5.57. The first kappa shape index (κ1) is 19.4. The maximum absolute atomic E-state index is 13.4. The average Bonchev–Trinajstić information content (AvgIpc) is 3.10. The first-order valence-electron chi connectivity index (χ1n) is 9.69. The van der Waals surface area contributed by atoms with Crippen LogP contribution in [0.25, 0.3) is 0 Å². The van der Waals surface area contributed by atoms with E-state index in [1.807, 2.05) is 17.0 Å². The molecular formula is C21H22F2N4O2. The number of rotatable bonds is 4. The van der Waals surface area contributed by atoms with E-state index in [0.29, 0.717) is 39.3 Å². The van der Waals surface area contributed by atoms with Crippen molar-refractivity contribution in [3.63, 3.8) is 0 Å². The van der Waals surface area contributed by atoms with Gasteiger partial charge in [-0.05, 0) is 36.2 Å². The lowest BCUT2D eigenvalue weighted by Gasteiger charge is -2.37. The maximum atomic E-state index is 13.4. The van der Waals surface area contributed by atoms with Gasteiger partial charge in [0.05, 0.1) is 6.04 Å². The number of nitrogens with zero attached hydrogens (tertiary/aromatic N) is 4. The topological polar surface area (TPSA) is 56.8 Å². The molecule has 2 saturated heterocycles. The summed E-state index contributed by atoms with van der Waals surface area (Å²) >= 11 is 0. The van der Waals surface area contributed by atoms with Crippen LogP contribution in [0.1, 0.15) is 22.3 Å². The summed E-state index contributed by atoms with van der Waals surface area (Å²) in [5.41, 5.74) is 1.14. The molecule has 2 aliphatic rings. The summed E-state index contributed by atoms with van der Waals surface area (Å²) in [4.78, 5) is 35.0. The Labute approximate surface area is 167 Å². The molecule has 0 radical (unpaired) electrons. The lowest BCUT2D eigenvalue weighted by Crippen LogP contribution is -2.53. The summed E-state index contributed by atoms with van der Waals surface area (Å²) in [6, 6.07) is 6.83. The third kappa shape index (κ3) is 4.12. The second kappa shape index (κ2) is 8.24. The minimum absolute atomic E-state index is 0.106. The van der Waals surface area contributed by atoms with Gasteiger partial charge in [0.2, 0.25) is 5.91 Å². The van der Waals surface area contributed by atoms with Crippen LogP contribution in [0.4, 0.5) is 8.78 Å². The van der Waals surface area contributed by atoms with Gasteiger partial charge in [0.15, 0.2) is 11.6 Å². The average molecular weight is 400 g/mol. The van der Waals surface area contributed by atoms with Crippen molar-refractivity contribution in [2.45, 2.75) is 19.0 Å². The molecule has 6 nitrogen and oxygen atoms in total. The predicted molar refractivity (Wildman–Crippen MR) is 102 cm³/mol. The Morgan fingerprint density at radius 1 is 1.07 bits per heavy atom. The quantitative estimate of drug-likeness (QED) is 0.787. The van der Waals surface area contributed by atoms with Crippen molar-refractivity contribution in [1.82, 2.24) is 19.7 Å². The number of piperazine rings is 1. The summed E-state index contributed by atoms with van der Waals surface area (Å²) in [6.45, 7) is 3.30. The Balaban J connectivity index is 1.33. The molecule has 3 heterocycles. The van der Waals surface area contributed by atoms with Gasteiger partial charge in [-0.15, -0.1) is 0 Å². The van der Waals surface area contributed by atoms with E-state index in [4.69, 9.17) is 0 Å². The van der Waals surface area contributed by atoms with Crippen molar-refractivity contribution in [3.05, 3.63) is 65.5 Å². The largest absolute Gasteiger partial charge is 0.337 e. The number of hydrogen-bond donors (Lipinski definition) is 0. The predicted octanol–water partition coefficient (Wildman–Crippen LogP) is 1.92. The number of carbonyl (C=O) groups is 2. The van der Waals surface area contributed by atoms with Gasteiger partial charge in [0.1, 0.15) is 0 Å². The Morgan fingerprint density at radius 3 is 2.55 bits per heavy atom. The van der Waals surface area contributed by atoms with Gasteiger partial charge in [-0.3, -0.25) is 19.5 Å². The van der Waals surface area contributed by atoms with Crippen LogP contribution in [0.15, 0.2) is 42.7 Å². The van der Waals surface area contributed by atoms with E-state index in [1.54, 1.807) is 17.3 Å².